The smallest absolute Gasteiger partial charge is 0.290 e. The Kier molecular flexibility index (Phi) is 5.74. The van der Waals surface area contributed by atoms with Crippen molar-refractivity contribution in [3.63, 3.8) is 0 Å². The molecule has 2 aliphatic rings. The van der Waals surface area contributed by atoms with Crippen LogP contribution in [0.15, 0.2) is 66.4 Å². The first kappa shape index (κ1) is 18.7. The van der Waals surface area contributed by atoms with Crippen LogP contribution in [0.3, 0.4) is 0 Å². The predicted octanol–water partition coefficient (Wildman–Crippen LogP) is 3.99. The first-order valence-corrected chi connectivity index (χ1v) is 9.76. The summed E-state index contributed by atoms with van der Waals surface area (Å²) in [5.41, 5.74) is 2.62. The van der Waals surface area contributed by atoms with E-state index in [1.807, 2.05) is 60.7 Å². The van der Waals surface area contributed by atoms with Gasteiger partial charge in [-0.25, -0.2) is 0 Å². The molecule has 0 bridgehead atoms. The number of benzene rings is 2. The van der Waals surface area contributed by atoms with E-state index in [0.29, 0.717) is 24.2 Å². The summed E-state index contributed by atoms with van der Waals surface area (Å²) in [6.45, 7) is 0.433. The van der Waals surface area contributed by atoms with Crippen molar-refractivity contribution in [2.24, 2.45) is 11.8 Å². The van der Waals surface area contributed by atoms with Gasteiger partial charge >= 0.3 is 0 Å². The average Bonchev–Trinajstić information content (AvgIpc) is 3.59. The Morgan fingerprint density at radius 3 is 2.46 bits per heavy atom. The molecule has 0 aromatic heterocycles. The number of allylic oxidation sites excluding steroid dienone is 1. The first-order chi connectivity index (χ1) is 13.7. The number of carbonyl (C=O) groups excluding carboxylic acids is 1. The lowest BCUT2D eigenvalue weighted by molar-refractivity contribution is -0.151. The summed E-state index contributed by atoms with van der Waals surface area (Å²) < 4.78 is 11.9. The molecule has 5 nitrogen and oxygen atoms in total. The standard InChI is InChI=1S/C23H25NO4/c25-14-16-6-8-17(9-7-16)15-27-22-13-19(18-10-11-18)12-21(28-22)23(26)24-20-4-2-1-3-5-20/h1-9,12,18-19,22,25H,10-11,13-15H2,(H,24,26)/t19-,22+/m1/s1. The molecule has 1 saturated carbocycles. The Hall–Kier alpha value is -2.63. The summed E-state index contributed by atoms with van der Waals surface area (Å²) in [5.74, 6) is 1.04. The van der Waals surface area contributed by atoms with Crippen molar-refractivity contribution in [3.05, 3.63) is 77.6 Å². The van der Waals surface area contributed by atoms with Gasteiger partial charge < -0.3 is 19.9 Å². The van der Waals surface area contributed by atoms with Crippen molar-refractivity contribution in [2.45, 2.75) is 38.8 Å². The highest BCUT2D eigenvalue weighted by Crippen LogP contribution is 2.43. The van der Waals surface area contributed by atoms with Crippen LogP contribution in [0, 0.1) is 11.8 Å². The zero-order valence-corrected chi connectivity index (χ0v) is 15.7. The third kappa shape index (κ3) is 4.80. The van der Waals surface area contributed by atoms with Crippen molar-refractivity contribution in [1.82, 2.24) is 0 Å². The number of hydrogen-bond acceptors (Lipinski definition) is 4. The maximum Gasteiger partial charge on any atom is 0.290 e. The Morgan fingerprint density at radius 1 is 1.07 bits per heavy atom. The third-order valence-corrected chi connectivity index (χ3v) is 5.21. The monoisotopic (exact) mass is 379 g/mol. The zero-order chi connectivity index (χ0) is 19.3. The summed E-state index contributed by atoms with van der Waals surface area (Å²) in [7, 11) is 0. The van der Waals surface area contributed by atoms with E-state index in [4.69, 9.17) is 14.6 Å². The maximum absolute atomic E-state index is 12.7. The van der Waals surface area contributed by atoms with Crippen molar-refractivity contribution < 1.29 is 19.4 Å². The number of rotatable bonds is 7. The highest BCUT2D eigenvalue weighted by molar-refractivity contribution is 6.02. The number of ether oxygens (including phenoxy) is 2. The van der Waals surface area contributed by atoms with Gasteiger partial charge in [-0.05, 0) is 54.0 Å². The minimum atomic E-state index is -0.440. The van der Waals surface area contributed by atoms with Gasteiger partial charge in [0, 0.05) is 12.1 Å². The predicted molar refractivity (Wildman–Crippen MR) is 106 cm³/mol. The molecule has 146 valence electrons. The zero-order valence-electron chi connectivity index (χ0n) is 15.7. The van der Waals surface area contributed by atoms with Crippen LogP contribution >= 0.6 is 0 Å². The van der Waals surface area contributed by atoms with Crippen LogP contribution in [0.25, 0.3) is 0 Å². The van der Waals surface area contributed by atoms with E-state index in [1.165, 1.54) is 12.8 Å². The number of amides is 1. The maximum atomic E-state index is 12.7. The van der Waals surface area contributed by atoms with Crippen molar-refractivity contribution in [1.29, 1.82) is 0 Å². The second kappa shape index (κ2) is 8.59. The number of carbonyl (C=O) groups is 1. The molecule has 0 radical (unpaired) electrons. The van der Waals surface area contributed by atoms with Crippen LogP contribution in [0.4, 0.5) is 5.69 Å². The van der Waals surface area contributed by atoms with E-state index in [-0.39, 0.29) is 12.5 Å². The van der Waals surface area contributed by atoms with Crippen LogP contribution in [0.1, 0.15) is 30.4 Å². The van der Waals surface area contributed by atoms with Gasteiger partial charge in [0.15, 0.2) is 5.76 Å². The Labute approximate surface area is 165 Å². The summed E-state index contributed by atoms with van der Waals surface area (Å²) in [6.07, 6.45) is 4.69. The van der Waals surface area contributed by atoms with E-state index in [2.05, 4.69) is 5.32 Å². The number of hydrogen-bond donors (Lipinski definition) is 2. The van der Waals surface area contributed by atoms with Crippen LogP contribution in [0.5, 0.6) is 0 Å². The summed E-state index contributed by atoms with van der Waals surface area (Å²) in [4.78, 5) is 12.7. The van der Waals surface area contributed by atoms with Gasteiger partial charge in [0.05, 0.1) is 13.2 Å². The molecule has 2 aromatic carbocycles. The van der Waals surface area contributed by atoms with E-state index < -0.39 is 6.29 Å². The fourth-order valence-electron chi connectivity index (χ4n) is 3.44. The molecular weight excluding hydrogens is 354 g/mol. The van der Waals surface area contributed by atoms with Crippen molar-refractivity contribution in [3.8, 4) is 0 Å². The molecule has 28 heavy (non-hydrogen) atoms. The molecule has 4 rings (SSSR count). The molecule has 0 unspecified atom stereocenters. The molecule has 2 aromatic rings. The molecule has 0 spiro atoms. The number of nitrogens with one attached hydrogen (secondary N) is 1. The van der Waals surface area contributed by atoms with Gasteiger partial charge in [0.2, 0.25) is 6.29 Å². The summed E-state index contributed by atoms with van der Waals surface area (Å²) >= 11 is 0. The van der Waals surface area contributed by atoms with Gasteiger partial charge in [-0.3, -0.25) is 4.79 Å². The highest BCUT2D eigenvalue weighted by atomic mass is 16.7. The van der Waals surface area contributed by atoms with Crippen LogP contribution in [-0.4, -0.2) is 17.3 Å². The van der Waals surface area contributed by atoms with E-state index in [0.717, 1.165) is 23.2 Å². The van der Waals surface area contributed by atoms with Gasteiger partial charge in [-0.1, -0.05) is 42.5 Å². The number of aliphatic hydroxyl groups is 1. The molecule has 2 atom stereocenters. The van der Waals surface area contributed by atoms with Crippen LogP contribution < -0.4 is 5.32 Å². The Balaban J connectivity index is 1.40. The average molecular weight is 379 g/mol. The van der Waals surface area contributed by atoms with Gasteiger partial charge in [0.25, 0.3) is 5.91 Å². The molecule has 1 aliphatic carbocycles. The number of para-hydroxylation sites is 1. The molecule has 0 saturated heterocycles. The van der Waals surface area contributed by atoms with E-state index in [1.54, 1.807) is 0 Å². The third-order valence-electron chi connectivity index (χ3n) is 5.21. The van der Waals surface area contributed by atoms with Crippen LogP contribution in [-0.2, 0) is 27.5 Å². The van der Waals surface area contributed by atoms with Gasteiger partial charge in [-0.15, -0.1) is 0 Å². The molecule has 1 aliphatic heterocycles. The molecule has 5 heteroatoms. The lowest BCUT2D eigenvalue weighted by atomic mass is 9.96. The minimum absolute atomic E-state index is 0.0284. The molecular formula is C23H25NO4. The number of anilines is 1. The highest BCUT2D eigenvalue weighted by Gasteiger charge is 2.37. The SMILES string of the molecule is O=C(Nc1ccccc1)C1=C[C@@H](C2CC2)C[C@@H](OCc2ccc(CO)cc2)O1. The second-order valence-corrected chi connectivity index (χ2v) is 7.42. The van der Waals surface area contributed by atoms with Crippen LogP contribution in [0.2, 0.25) is 0 Å². The van der Waals surface area contributed by atoms with Gasteiger partial charge in [-0.2, -0.15) is 0 Å². The largest absolute Gasteiger partial charge is 0.459 e. The summed E-state index contributed by atoms with van der Waals surface area (Å²) in [5, 5.41) is 12.0. The van der Waals surface area contributed by atoms with E-state index >= 15 is 0 Å². The fourth-order valence-corrected chi connectivity index (χ4v) is 3.44. The molecule has 1 amide bonds. The quantitative estimate of drug-likeness (QED) is 0.763. The summed E-state index contributed by atoms with van der Waals surface area (Å²) in [6, 6.07) is 17.0. The lowest BCUT2D eigenvalue weighted by Gasteiger charge is -2.29. The Bertz CT molecular complexity index is 827. The molecule has 1 heterocycles. The normalized spacial score (nSPS) is 21.5. The lowest BCUT2D eigenvalue weighted by Crippen LogP contribution is -2.30. The first-order valence-electron chi connectivity index (χ1n) is 9.76. The Morgan fingerprint density at radius 2 is 1.79 bits per heavy atom. The van der Waals surface area contributed by atoms with Gasteiger partial charge in [0.1, 0.15) is 0 Å². The van der Waals surface area contributed by atoms with E-state index in [9.17, 15) is 4.79 Å². The fraction of sp³-hybridized carbons (Fsp3) is 0.348. The van der Waals surface area contributed by atoms with Crippen molar-refractivity contribution in [2.75, 3.05) is 5.32 Å². The minimum Gasteiger partial charge on any atom is -0.459 e. The molecule has 2 N–H and O–H groups in total. The topological polar surface area (TPSA) is 67.8 Å². The van der Waals surface area contributed by atoms with Crippen molar-refractivity contribution >= 4 is 11.6 Å². The molecule has 1 fully saturated rings. The second-order valence-electron chi connectivity index (χ2n) is 7.42. The number of aliphatic hydroxyl groups excluding tert-OH is 1.